The zero-order valence-electron chi connectivity index (χ0n) is 16.9. The van der Waals surface area contributed by atoms with Gasteiger partial charge in [-0.25, -0.2) is 0 Å². The van der Waals surface area contributed by atoms with Crippen LogP contribution in [0.3, 0.4) is 0 Å². The summed E-state index contributed by atoms with van der Waals surface area (Å²) < 4.78 is 13.1. The van der Waals surface area contributed by atoms with Crippen LogP contribution in [0.25, 0.3) is 5.69 Å². The second kappa shape index (κ2) is 9.33. The summed E-state index contributed by atoms with van der Waals surface area (Å²) in [6.45, 7) is 3.08. The van der Waals surface area contributed by atoms with Crippen LogP contribution in [-0.2, 0) is 12.3 Å². The molecule has 4 rings (SSSR count). The molecule has 0 atom stereocenters. The van der Waals surface area contributed by atoms with Crippen molar-refractivity contribution in [1.82, 2.24) is 19.7 Å². The van der Waals surface area contributed by atoms with Crippen LogP contribution in [0.5, 0.6) is 11.5 Å². The summed E-state index contributed by atoms with van der Waals surface area (Å²) in [5.74, 6) is 3.37. The second-order valence-electron chi connectivity index (χ2n) is 7.02. The molecule has 1 saturated heterocycles. The first-order valence-electron chi connectivity index (χ1n) is 9.84. The number of para-hydroxylation sites is 1. The van der Waals surface area contributed by atoms with Gasteiger partial charge in [0.1, 0.15) is 11.5 Å². The molecule has 0 N–H and O–H groups in total. The number of likely N-dealkylation sites (tertiary alicyclic amines) is 1. The van der Waals surface area contributed by atoms with E-state index in [4.69, 9.17) is 9.47 Å². The summed E-state index contributed by atoms with van der Waals surface area (Å²) in [6.07, 6.45) is 2.52. The third kappa shape index (κ3) is 4.57. The van der Waals surface area contributed by atoms with Crippen LogP contribution in [0.4, 0.5) is 0 Å². The molecule has 1 fully saturated rings. The first-order chi connectivity index (χ1) is 14.3. The molecule has 0 saturated carbocycles. The lowest BCUT2D eigenvalue weighted by atomic mass is 10.2. The van der Waals surface area contributed by atoms with Crippen LogP contribution >= 0.6 is 11.8 Å². The fourth-order valence-electron chi connectivity index (χ4n) is 3.61. The Balaban J connectivity index is 1.61. The molecular formula is C22H26N4O2S. The van der Waals surface area contributed by atoms with Gasteiger partial charge in [0.25, 0.3) is 0 Å². The van der Waals surface area contributed by atoms with E-state index in [1.165, 1.54) is 12.8 Å². The summed E-state index contributed by atoms with van der Waals surface area (Å²) in [5, 5.41) is 9.95. The summed E-state index contributed by atoms with van der Waals surface area (Å²) in [5.41, 5.74) is 2.16. The average Bonchev–Trinajstić information content (AvgIpc) is 3.43. The van der Waals surface area contributed by atoms with Gasteiger partial charge in [-0.15, -0.1) is 10.2 Å². The quantitative estimate of drug-likeness (QED) is 0.520. The first-order valence-corrected chi connectivity index (χ1v) is 10.8. The van der Waals surface area contributed by atoms with Gasteiger partial charge in [-0.1, -0.05) is 30.0 Å². The van der Waals surface area contributed by atoms with Gasteiger partial charge in [0.2, 0.25) is 0 Å². The monoisotopic (exact) mass is 410 g/mol. The van der Waals surface area contributed by atoms with Crippen molar-refractivity contribution in [2.24, 2.45) is 0 Å². The Morgan fingerprint density at radius 2 is 1.76 bits per heavy atom. The minimum Gasteiger partial charge on any atom is -0.497 e. The van der Waals surface area contributed by atoms with Crippen LogP contribution in [0, 0.1) is 0 Å². The maximum Gasteiger partial charge on any atom is 0.196 e. The van der Waals surface area contributed by atoms with Crippen LogP contribution in [0.15, 0.2) is 53.7 Å². The fourth-order valence-corrected chi connectivity index (χ4v) is 4.56. The minimum absolute atomic E-state index is 0.717. The van der Waals surface area contributed by atoms with E-state index >= 15 is 0 Å². The van der Waals surface area contributed by atoms with E-state index < -0.39 is 0 Å². The van der Waals surface area contributed by atoms with Gasteiger partial charge >= 0.3 is 0 Å². The Kier molecular flexibility index (Phi) is 6.36. The van der Waals surface area contributed by atoms with Crippen molar-refractivity contribution >= 4 is 11.8 Å². The third-order valence-electron chi connectivity index (χ3n) is 5.12. The molecule has 1 aliphatic rings. The predicted octanol–water partition coefficient (Wildman–Crippen LogP) is 4.17. The van der Waals surface area contributed by atoms with Crippen molar-refractivity contribution in [3.05, 3.63) is 59.9 Å². The zero-order chi connectivity index (χ0) is 20.1. The summed E-state index contributed by atoms with van der Waals surface area (Å²) in [6, 6.07) is 16.2. The van der Waals surface area contributed by atoms with Gasteiger partial charge in [-0.2, -0.15) is 0 Å². The minimum atomic E-state index is 0.717. The highest BCUT2D eigenvalue weighted by molar-refractivity contribution is 7.98. The van der Waals surface area contributed by atoms with E-state index in [0.717, 1.165) is 59.1 Å². The highest BCUT2D eigenvalue weighted by Gasteiger charge is 2.20. The Hall–Kier alpha value is -2.51. The van der Waals surface area contributed by atoms with E-state index in [-0.39, 0.29) is 0 Å². The van der Waals surface area contributed by atoms with E-state index in [0.29, 0.717) is 0 Å². The standard InChI is InChI=1S/C22H26N4O2S/c1-27-19-10-11-20(28-2)17(14-19)16-29-22-24-23-21(15-25-12-6-7-13-25)26(22)18-8-4-3-5-9-18/h3-5,8-11,14H,6-7,12-13,15-16H2,1-2H3. The predicted molar refractivity (Wildman–Crippen MR) is 115 cm³/mol. The number of hydrogen-bond donors (Lipinski definition) is 0. The molecule has 29 heavy (non-hydrogen) atoms. The molecule has 0 radical (unpaired) electrons. The van der Waals surface area contributed by atoms with Crippen molar-refractivity contribution in [1.29, 1.82) is 0 Å². The molecule has 0 unspecified atom stereocenters. The third-order valence-corrected chi connectivity index (χ3v) is 6.10. The zero-order valence-corrected chi connectivity index (χ0v) is 17.7. The SMILES string of the molecule is COc1ccc(OC)c(CSc2nnc(CN3CCCC3)n2-c2ccccc2)c1. The van der Waals surface area contributed by atoms with Crippen molar-refractivity contribution in [2.45, 2.75) is 30.3 Å². The molecule has 2 aromatic carbocycles. The first kappa shape index (κ1) is 19.8. The van der Waals surface area contributed by atoms with Gasteiger partial charge in [0.05, 0.1) is 20.8 Å². The summed E-state index contributed by atoms with van der Waals surface area (Å²) in [4.78, 5) is 2.45. The van der Waals surface area contributed by atoms with Crippen LogP contribution in [-0.4, -0.2) is 47.0 Å². The number of nitrogens with zero attached hydrogens (tertiary/aromatic N) is 4. The van der Waals surface area contributed by atoms with Crippen LogP contribution < -0.4 is 9.47 Å². The lowest BCUT2D eigenvalue weighted by molar-refractivity contribution is 0.319. The van der Waals surface area contributed by atoms with E-state index in [9.17, 15) is 0 Å². The maximum atomic E-state index is 5.52. The summed E-state index contributed by atoms with van der Waals surface area (Å²) >= 11 is 1.66. The average molecular weight is 411 g/mol. The van der Waals surface area contributed by atoms with Crippen molar-refractivity contribution in [3.8, 4) is 17.2 Å². The molecule has 3 aromatic rings. The smallest absolute Gasteiger partial charge is 0.196 e. The normalized spacial score (nSPS) is 14.3. The molecule has 7 heteroatoms. The topological polar surface area (TPSA) is 52.4 Å². The van der Waals surface area contributed by atoms with Gasteiger partial charge in [-0.3, -0.25) is 9.47 Å². The lowest BCUT2D eigenvalue weighted by Crippen LogP contribution is -2.21. The Labute approximate surface area is 175 Å². The van der Waals surface area contributed by atoms with Crippen LogP contribution in [0.1, 0.15) is 24.2 Å². The molecular weight excluding hydrogens is 384 g/mol. The molecule has 6 nitrogen and oxygen atoms in total. The Bertz CT molecular complexity index is 939. The number of benzene rings is 2. The maximum absolute atomic E-state index is 5.52. The van der Waals surface area contributed by atoms with Gasteiger partial charge in [-0.05, 0) is 56.3 Å². The molecule has 1 aliphatic heterocycles. The van der Waals surface area contributed by atoms with E-state index in [2.05, 4.69) is 43.9 Å². The number of methoxy groups -OCH3 is 2. The van der Waals surface area contributed by atoms with E-state index in [1.54, 1.807) is 26.0 Å². The van der Waals surface area contributed by atoms with Gasteiger partial charge in [0.15, 0.2) is 11.0 Å². The van der Waals surface area contributed by atoms with Gasteiger partial charge < -0.3 is 9.47 Å². The Morgan fingerprint density at radius 1 is 0.966 bits per heavy atom. The second-order valence-corrected chi connectivity index (χ2v) is 7.96. The number of thioether (sulfide) groups is 1. The fraction of sp³-hybridized carbons (Fsp3) is 0.364. The number of ether oxygens (including phenoxy) is 2. The number of aromatic nitrogens is 3. The van der Waals surface area contributed by atoms with Crippen molar-refractivity contribution in [2.75, 3.05) is 27.3 Å². The molecule has 152 valence electrons. The highest BCUT2D eigenvalue weighted by Crippen LogP contribution is 2.31. The van der Waals surface area contributed by atoms with Crippen LogP contribution in [0.2, 0.25) is 0 Å². The molecule has 2 heterocycles. The lowest BCUT2D eigenvalue weighted by Gasteiger charge is -2.16. The van der Waals surface area contributed by atoms with E-state index in [1.807, 2.05) is 24.3 Å². The molecule has 0 aliphatic carbocycles. The number of rotatable bonds is 8. The molecule has 0 amide bonds. The molecule has 0 spiro atoms. The van der Waals surface area contributed by atoms with Gasteiger partial charge in [0, 0.05) is 17.0 Å². The highest BCUT2D eigenvalue weighted by atomic mass is 32.2. The molecule has 0 bridgehead atoms. The van der Waals surface area contributed by atoms with Crippen molar-refractivity contribution < 1.29 is 9.47 Å². The molecule has 1 aromatic heterocycles. The Morgan fingerprint density at radius 3 is 2.48 bits per heavy atom. The number of hydrogen-bond acceptors (Lipinski definition) is 6. The largest absolute Gasteiger partial charge is 0.497 e. The van der Waals surface area contributed by atoms with Crippen molar-refractivity contribution in [3.63, 3.8) is 0 Å². The summed E-state index contributed by atoms with van der Waals surface area (Å²) in [7, 11) is 3.37.